The third-order valence-electron chi connectivity index (χ3n) is 2.92. The monoisotopic (exact) mass is 174 g/mol. The van der Waals surface area contributed by atoms with E-state index < -0.39 is 17.0 Å². The lowest BCUT2D eigenvalue weighted by atomic mass is 9.70. The fourth-order valence-corrected chi connectivity index (χ4v) is 0.938. The molecule has 1 unspecified atom stereocenters. The molecule has 0 saturated carbocycles. The molecule has 0 radical (unpaired) electrons. The highest BCUT2D eigenvalue weighted by atomic mass is 16.4. The largest absolute Gasteiger partial charge is 0.481 e. The molecule has 0 aliphatic carbocycles. The molecule has 0 bridgehead atoms. The van der Waals surface area contributed by atoms with Crippen LogP contribution in [-0.2, 0) is 4.79 Å². The lowest BCUT2D eigenvalue weighted by Crippen LogP contribution is -2.50. The van der Waals surface area contributed by atoms with E-state index >= 15 is 0 Å². The highest BCUT2D eigenvalue weighted by Gasteiger charge is 2.47. The minimum absolute atomic E-state index is 0.0800. The SMILES string of the molecule is CC(C)C(C)(O)C(C)(C)C(=O)O. The standard InChI is InChI=1S/C9H18O3/c1-6(2)9(5,12)8(3,4)7(10)11/h6,12H,1-5H3,(H,10,11). The predicted octanol–water partition coefficient (Wildman–Crippen LogP) is 1.50. The van der Waals surface area contributed by atoms with Crippen LogP contribution in [0.5, 0.6) is 0 Å². The number of carboxylic acid groups (broad SMARTS) is 1. The second-order valence-electron chi connectivity index (χ2n) is 4.23. The Kier molecular flexibility index (Phi) is 2.91. The first-order valence-corrected chi connectivity index (χ1v) is 4.09. The van der Waals surface area contributed by atoms with Gasteiger partial charge in [0.25, 0.3) is 0 Å². The van der Waals surface area contributed by atoms with Crippen molar-refractivity contribution in [3.63, 3.8) is 0 Å². The number of hydrogen-bond donors (Lipinski definition) is 2. The van der Waals surface area contributed by atoms with Crippen LogP contribution in [0.15, 0.2) is 0 Å². The number of rotatable bonds is 3. The van der Waals surface area contributed by atoms with Crippen LogP contribution in [0, 0.1) is 11.3 Å². The van der Waals surface area contributed by atoms with Gasteiger partial charge in [0.15, 0.2) is 0 Å². The van der Waals surface area contributed by atoms with Crippen molar-refractivity contribution in [3.05, 3.63) is 0 Å². The fraction of sp³-hybridized carbons (Fsp3) is 0.889. The lowest BCUT2D eigenvalue weighted by Gasteiger charge is -2.39. The van der Waals surface area contributed by atoms with Gasteiger partial charge in [-0.3, -0.25) is 4.79 Å². The minimum Gasteiger partial charge on any atom is -0.481 e. The van der Waals surface area contributed by atoms with E-state index in [1.54, 1.807) is 6.92 Å². The van der Waals surface area contributed by atoms with E-state index in [2.05, 4.69) is 0 Å². The Morgan fingerprint density at radius 3 is 1.67 bits per heavy atom. The Bertz CT molecular complexity index is 180. The summed E-state index contributed by atoms with van der Waals surface area (Å²) in [5.74, 6) is -1.05. The first kappa shape index (κ1) is 11.4. The van der Waals surface area contributed by atoms with E-state index in [1.165, 1.54) is 13.8 Å². The summed E-state index contributed by atoms with van der Waals surface area (Å²) in [6.07, 6.45) is 0. The normalized spacial score (nSPS) is 17.6. The molecule has 12 heavy (non-hydrogen) atoms. The molecule has 0 aromatic carbocycles. The van der Waals surface area contributed by atoms with Crippen molar-refractivity contribution < 1.29 is 15.0 Å². The van der Waals surface area contributed by atoms with Crippen molar-refractivity contribution in [2.75, 3.05) is 0 Å². The number of aliphatic carboxylic acids is 1. The van der Waals surface area contributed by atoms with Gasteiger partial charge in [0.1, 0.15) is 0 Å². The van der Waals surface area contributed by atoms with Crippen LogP contribution in [0.2, 0.25) is 0 Å². The molecule has 0 aliphatic rings. The van der Waals surface area contributed by atoms with Gasteiger partial charge < -0.3 is 10.2 Å². The maximum Gasteiger partial charge on any atom is 0.312 e. The molecule has 0 aromatic heterocycles. The molecule has 0 heterocycles. The number of hydrogen-bond acceptors (Lipinski definition) is 2. The molecular formula is C9H18O3. The van der Waals surface area contributed by atoms with Crippen molar-refractivity contribution in [2.45, 2.75) is 40.2 Å². The fourth-order valence-electron chi connectivity index (χ4n) is 0.938. The van der Waals surface area contributed by atoms with Gasteiger partial charge in [-0.1, -0.05) is 13.8 Å². The van der Waals surface area contributed by atoms with Gasteiger partial charge in [-0.05, 0) is 26.7 Å². The van der Waals surface area contributed by atoms with Crippen LogP contribution in [0.1, 0.15) is 34.6 Å². The summed E-state index contributed by atoms with van der Waals surface area (Å²) in [5.41, 5.74) is -2.29. The summed E-state index contributed by atoms with van der Waals surface area (Å²) in [6.45, 7) is 8.26. The molecule has 0 fully saturated rings. The molecule has 3 nitrogen and oxygen atoms in total. The summed E-state index contributed by atoms with van der Waals surface area (Å²) >= 11 is 0. The summed E-state index contributed by atoms with van der Waals surface area (Å²) in [5, 5.41) is 18.8. The molecular weight excluding hydrogens is 156 g/mol. The first-order chi connectivity index (χ1) is 5.14. The number of aliphatic hydroxyl groups is 1. The quantitative estimate of drug-likeness (QED) is 0.681. The van der Waals surface area contributed by atoms with Gasteiger partial charge in [-0.15, -0.1) is 0 Å². The maximum atomic E-state index is 10.8. The smallest absolute Gasteiger partial charge is 0.312 e. The zero-order chi connectivity index (χ0) is 10.2. The Morgan fingerprint density at radius 1 is 1.25 bits per heavy atom. The Balaban J connectivity index is 4.88. The highest BCUT2D eigenvalue weighted by Crippen LogP contribution is 2.36. The number of carboxylic acids is 1. The zero-order valence-electron chi connectivity index (χ0n) is 8.38. The Morgan fingerprint density at radius 2 is 1.58 bits per heavy atom. The third kappa shape index (κ3) is 1.61. The average Bonchev–Trinajstić information content (AvgIpc) is 1.86. The molecule has 0 aliphatic heterocycles. The van der Waals surface area contributed by atoms with Crippen LogP contribution in [-0.4, -0.2) is 21.8 Å². The minimum atomic E-state index is -1.18. The van der Waals surface area contributed by atoms with Crippen molar-refractivity contribution in [1.82, 2.24) is 0 Å². The first-order valence-electron chi connectivity index (χ1n) is 4.09. The zero-order valence-corrected chi connectivity index (χ0v) is 8.38. The van der Waals surface area contributed by atoms with Gasteiger partial charge in [0.05, 0.1) is 11.0 Å². The Labute approximate surface area is 73.4 Å². The molecule has 2 N–H and O–H groups in total. The van der Waals surface area contributed by atoms with Gasteiger partial charge >= 0.3 is 5.97 Å². The topological polar surface area (TPSA) is 57.5 Å². The molecule has 72 valence electrons. The second-order valence-corrected chi connectivity index (χ2v) is 4.23. The third-order valence-corrected chi connectivity index (χ3v) is 2.92. The Hall–Kier alpha value is -0.570. The second kappa shape index (κ2) is 3.05. The summed E-state index contributed by atoms with van der Waals surface area (Å²) in [6, 6.07) is 0. The molecule has 1 atom stereocenters. The molecule has 0 rings (SSSR count). The highest BCUT2D eigenvalue weighted by molar-refractivity contribution is 5.75. The van der Waals surface area contributed by atoms with Crippen molar-refractivity contribution in [1.29, 1.82) is 0 Å². The van der Waals surface area contributed by atoms with Crippen LogP contribution in [0.3, 0.4) is 0 Å². The molecule has 0 aromatic rings. The number of carbonyl (C=O) groups is 1. The van der Waals surface area contributed by atoms with E-state index in [-0.39, 0.29) is 5.92 Å². The summed E-state index contributed by atoms with van der Waals surface area (Å²) in [7, 11) is 0. The van der Waals surface area contributed by atoms with Crippen molar-refractivity contribution in [3.8, 4) is 0 Å². The summed E-state index contributed by atoms with van der Waals surface area (Å²) in [4.78, 5) is 10.8. The van der Waals surface area contributed by atoms with Crippen molar-refractivity contribution in [2.24, 2.45) is 11.3 Å². The van der Waals surface area contributed by atoms with Gasteiger partial charge in [-0.2, -0.15) is 0 Å². The van der Waals surface area contributed by atoms with Crippen LogP contribution < -0.4 is 0 Å². The summed E-state index contributed by atoms with van der Waals surface area (Å²) < 4.78 is 0. The van der Waals surface area contributed by atoms with E-state index in [1.807, 2.05) is 13.8 Å². The van der Waals surface area contributed by atoms with E-state index in [9.17, 15) is 9.90 Å². The van der Waals surface area contributed by atoms with E-state index in [4.69, 9.17) is 5.11 Å². The molecule has 0 amide bonds. The molecule has 0 saturated heterocycles. The van der Waals surface area contributed by atoms with Crippen LogP contribution >= 0.6 is 0 Å². The molecule has 3 heteroatoms. The van der Waals surface area contributed by atoms with E-state index in [0.717, 1.165) is 0 Å². The van der Waals surface area contributed by atoms with Gasteiger partial charge in [0.2, 0.25) is 0 Å². The van der Waals surface area contributed by atoms with Crippen LogP contribution in [0.4, 0.5) is 0 Å². The van der Waals surface area contributed by atoms with Crippen molar-refractivity contribution >= 4 is 5.97 Å². The van der Waals surface area contributed by atoms with Crippen LogP contribution in [0.25, 0.3) is 0 Å². The predicted molar refractivity (Wildman–Crippen MR) is 46.9 cm³/mol. The van der Waals surface area contributed by atoms with E-state index in [0.29, 0.717) is 0 Å². The van der Waals surface area contributed by atoms with Gasteiger partial charge in [0, 0.05) is 0 Å². The van der Waals surface area contributed by atoms with Gasteiger partial charge in [-0.25, -0.2) is 0 Å². The maximum absolute atomic E-state index is 10.8. The lowest BCUT2D eigenvalue weighted by molar-refractivity contribution is -0.168. The molecule has 0 spiro atoms. The average molecular weight is 174 g/mol.